The van der Waals surface area contributed by atoms with E-state index in [1.165, 1.54) is 13.2 Å². The molecule has 0 radical (unpaired) electrons. The number of ether oxygens (including phenoxy) is 1. The van der Waals surface area contributed by atoms with Crippen LogP contribution in [0.2, 0.25) is 0 Å². The van der Waals surface area contributed by atoms with Gasteiger partial charge in [0.1, 0.15) is 6.42 Å². The molecular formula is C13H12O4. The van der Waals surface area contributed by atoms with Crippen LogP contribution in [-0.4, -0.2) is 24.2 Å². The summed E-state index contributed by atoms with van der Waals surface area (Å²) in [6.45, 7) is 1.77. The fraction of sp³-hybridized carbons (Fsp3) is 0.231. The Morgan fingerprint density at radius 3 is 2.71 bits per heavy atom. The summed E-state index contributed by atoms with van der Waals surface area (Å²) >= 11 is 0. The van der Waals surface area contributed by atoms with Crippen molar-refractivity contribution in [1.82, 2.24) is 0 Å². The molecule has 1 aromatic carbocycles. The van der Waals surface area contributed by atoms with Crippen LogP contribution in [0.1, 0.15) is 27.9 Å². The van der Waals surface area contributed by atoms with Crippen molar-refractivity contribution in [1.29, 1.82) is 0 Å². The van der Waals surface area contributed by atoms with E-state index in [4.69, 9.17) is 5.11 Å². The number of hydrogen-bond donors (Lipinski definition) is 1. The van der Waals surface area contributed by atoms with Crippen LogP contribution in [-0.2, 0) is 9.53 Å². The van der Waals surface area contributed by atoms with Crippen LogP contribution in [0.3, 0.4) is 0 Å². The van der Waals surface area contributed by atoms with Gasteiger partial charge in [0.05, 0.1) is 12.7 Å². The van der Waals surface area contributed by atoms with Gasteiger partial charge in [0, 0.05) is 5.56 Å². The number of aryl methyl sites for hydroxylation is 1. The van der Waals surface area contributed by atoms with Crippen molar-refractivity contribution in [3.05, 3.63) is 34.9 Å². The fourth-order valence-corrected chi connectivity index (χ4v) is 1.29. The van der Waals surface area contributed by atoms with Gasteiger partial charge >= 0.3 is 11.9 Å². The highest BCUT2D eigenvalue weighted by Crippen LogP contribution is 2.12. The van der Waals surface area contributed by atoms with Gasteiger partial charge in [-0.05, 0) is 18.6 Å². The van der Waals surface area contributed by atoms with Crippen LogP contribution < -0.4 is 0 Å². The number of carbonyl (C=O) groups is 2. The molecule has 1 N–H and O–H groups in total. The molecule has 0 spiro atoms. The number of hydrogen-bond acceptors (Lipinski definition) is 3. The first-order chi connectivity index (χ1) is 8.06. The first-order valence-electron chi connectivity index (χ1n) is 4.95. The molecule has 0 amide bonds. The zero-order chi connectivity index (χ0) is 12.8. The standard InChI is InChI=1S/C13H12O4/c1-9-5-3-7-11(13(15)16)10(9)6-4-8-12(14)17-2/h3,5,7H,8H2,1-2H3,(H,15,16). The predicted octanol–water partition coefficient (Wildman–Crippen LogP) is 1.61. The Labute approximate surface area is 99.2 Å². The highest BCUT2D eigenvalue weighted by atomic mass is 16.5. The van der Waals surface area contributed by atoms with Crippen molar-refractivity contribution < 1.29 is 19.4 Å². The van der Waals surface area contributed by atoms with Crippen LogP contribution in [0.15, 0.2) is 18.2 Å². The summed E-state index contributed by atoms with van der Waals surface area (Å²) in [6.07, 6.45) is -0.0517. The van der Waals surface area contributed by atoms with E-state index in [0.717, 1.165) is 5.56 Å². The number of benzene rings is 1. The van der Waals surface area contributed by atoms with Gasteiger partial charge in [-0.3, -0.25) is 4.79 Å². The molecule has 17 heavy (non-hydrogen) atoms. The van der Waals surface area contributed by atoms with Crippen LogP contribution in [0.25, 0.3) is 0 Å². The Morgan fingerprint density at radius 2 is 2.12 bits per heavy atom. The van der Waals surface area contributed by atoms with E-state index in [0.29, 0.717) is 5.56 Å². The van der Waals surface area contributed by atoms with E-state index in [1.807, 2.05) is 0 Å². The SMILES string of the molecule is COC(=O)CC#Cc1c(C)cccc1C(=O)O. The van der Waals surface area contributed by atoms with Crippen molar-refractivity contribution in [2.45, 2.75) is 13.3 Å². The lowest BCUT2D eigenvalue weighted by Crippen LogP contribution is -2.02. The lowest BCUT2D eigenvalue weighted by atomic mass is 10.0. The van der Waals surface area contributed by atoms with E-state index in [-0.39, 0.29) is 12.0 Å². The maximum absolute atomic E-state index is 11.0. The van der Waals surface area contributed by atoms with Crippen molar-refractivity contribution in [3.63, 3.8) is 0 Å². The zero-order valence-electron chi connectivity index (χ0n) is 9.61. The molecule has 0 aromatic heterocycles. The molecule has 0 saturated carbocycles. The lowest BCUT2D eigenvalue weighted by Gasteiger charge is -2.02. The van der Waals surface area contributed by atoms with Crippen LogP contribution >= 0.6 is 0 Å². The molecule has 0 bridgehead atoms. The van der Waals surface area contributed by atoms with Gasteiger partial charge < -0.3 is 9.84 Å². The summed E-state index contributed by atoms with van der Waals surface area (Å²) < 4.78 is 4.44. The van der Waals surface area contributed by atoms with Gasteiger partial charge in [-0.1, -0.05) is 24.0 Å². The number of carbonyl (C=O) groups excluding carboxylic acids is 1. The number of methoxy groups -OCH3 is 1. The summed E-state index contributed by atoms with van der Waals surface area (Å²) in [4.78, 5) is 21.8. The number of carboxylic acids is 1. The van der Waals surface area contributed by atoms with E-state index in [9.17, 15) is 9.59 Å². The summed E-state index contributed by atoms with van der Waals surface area (Å²) in [6, 6.07) is 4.91. The van der Waals surface area contributed by atoms with Crippen LogP contribution in [0.4, 0.5) is 0 Å². The third-order valence-corrected chi connectivity index (χ3v) is 2.18. The minimum absolute atomic E-state index is 0.0517. The van der Waals surface area contributed by atoms with E-state index < -0.39 is 11.9 Å². The first-order valence-corrected chi connectivity index (χ1v) is 4.95. The smallest absolute Gasteiger partial charge is 0.336 e. The van der Waals surface area contributed by atoms with Gasteiger partial charge in [0.2, 0.25) is 0 Å². The molecule has 0 heterocycles. The van der Waals surface area contributed by atoms with E-state index in [1.54, 1.807) is 19.1 Å². The first kappa shape index (κ1) is 12.8. The van der Waals surface area contributed by atoms with Gasteiger partial charge in [0.15, 0.2) is 0 Å². The average Bonchev–Trinajstić information content (AvgIpc) is 2.30. The predicted molar refractivity (Wildman–Crippen MR) is 61.6 cm³/mol. The molecule has 0 aliphatic carbocycles. The van der Waals surface area contributed by atoms with Crippen molar-refractivity contribution >= 4 is 11.9 Å². The minimum Gasteiger partial charge on any atom is -0.478 e. The summed E-state index contributed by atoms with van der Waals surface area (Å²) in [5.74, 6) is 3.82. The van der Waals surface area contributed by atoms with E-state index in [2.05, 4.69) is 16.6 Å². The molecular weight excluding hydrogens is 220 g/mol. The van der Waals surface area contributed by atoms with Crippen LogP contribution in [0.5, 0.6) is 0 Å². The second-order valence-corrected chi connectivity index (χ2v) is 3.36. The molecule has 0 fully saturated rings. The van der Waals surface area contributed by atoms with E-state index >= 15 is 0 Å². The highest BCUT2D eigenvalue weighted by Gasteiger charge is 2.09. The van der Waals surface area contributed by atoms with Crippen LogP contribution in [0, 0.1) is 18.8 Å². The van der Waals surface area contributed by atoms with Crippen molar-refractivity contribution in [2.24, 2.45) is 0 Å². The average molecular weight is 232 g/mol. The fourth-order valence-electron chi connectivity index (χ4n) is 1.29. The normalized spacial score (nSPS) is 9.06. The second-order valence-electron chi connectivity index (χ2n) is 3.36. The molecule has 0 unspecified atom stereocenters. The Morgan fingerprint density at radius 1 is 1.41 bits per heavy atom. The Kier molecular flexibility index (Phi) is 4.29. The highest BCUT2D eigenvalue weighted by molar-refractivity contribution is 5.91. The summed E-state index contributed by atoms with van der Waals surface area (Å²) in [5.41, 5.74) is 1.34. The Hall–Kier alpha value is -2.28. The third kappa shape index (κ3) is 3.35. The molecule has 0 saturated heterocycles. The molecule has 0 aliphatic heterocycles. The topological polar surface area (TPSA) is 63.6 Å². The monoisotopic (exact) mass is 232 g/mol. The number of aromatic carboxylic acids is 1. The van der Waals surface area contributed by atoms with Gasteiger partial charge in [-0.15, -0.1) is 0 Å². The van der Waals surface area contributed by atoms with Crippen molar-refractivity contribution in [3.8, 4) is 11.8 Å². The Bertz CT molecular complexity index is 506. The maximum Gasteiger partial charge on any atom is 0.336 e. The molecule has 4 nitrogen and oxygen atoms in total. The molecule has 0 aliphatic rings. The summed E-state index contributed by atoms with van der Waals surface area (Å²) in [7, 11) is 1.28. The number of carboxylic acid groups (broad SMARTS) is 1. The maximum atomic E-state index is 11.0. The molecule has 4 heteroatoms. The minimum atomic E-state index is -1.03. The van der Waals surface area contributed by atoms with Gasteiger partial charge in [-0.2, -0.15) is 0 Å². The molecule has 1 rings (SSSR count). The molecule has 88 valence electrons. The Balaban J connectivity index is 3.04. The lowest BCUT2D eigenvalue weighted by molar-refractivity contribution is -0.139. The molecule has 0 atom stereocenters. The van der Waals surface area contributed by atoms with Gasteiger partial charge in [-0.25, -0.2) is 4.79 Å². The largest absolute Gasteiger partial charge is 0.478 e. The quantitative estimate of drug-likeness (QED) is 0.621. The van der Waals surface area contributed by atoms with Gasteiger partial charge in [0.25, 0.3) is 0 Å². The third-order valence-electron chi connectivity index (χ3n) is 2.18. The number of esters is 1. The second kappa shape index (κ2) is 5.71. The summed E-state index contributed by atoms with van der Waals surface area (Å²) in [5, 5.41) is 8.99. The molecule has 1 aromatic rings. The number of rotatable bonds is 2. The van der Waals surface area contributed by atoms with Crippen molar-refractivity contribution in [2.75, 3.05) is 7.11 Å². The zero-order valence-corrected chi connectivity index (χ0v) is 9.61.